The first kappa shape index (κ1) is 10.4. The summed E-state index contributed by atoms with van der Waals surface area (Å²) in [6.07, 6.45) is 7.87. The van der Waals surface area contributed by atoms with Crippen LogP contribution < -0.4 is 10.2 Å². The number of hydrogen-bond donors (Lipinski definition) is 1. The number of nitrogens with zero attached hydrogens (tertiary/aromatic N) is 2. The van der Waals surface area contributed by atoms with Gasteiger partial charge in [-0.15, -0.1) is 0 Å². The number of aromatic nitrogens is 1. The van der Waals surface area contributed by atoms with E-state index in [4.69, 9.17) is 0 Å². The summed E-state index contributed by atoms with van der Waals surface area (Å²) in [6.45, 7) is 3.29. The normalized spacial score (nSPS) is 16.7. The maximum absolute atomic E-state index is 4.23. The highest BCUT2D eigenvalue weighted by Crippen LogP contribution is 2.22. The van der Waals surface area contributed by atoms with E-state index in [0.717, 1.165) is 6.54 Å². The van der Waals surface area contributed by atoms with Gasteiger partial charge < -0.3 is 10.2 Å². The van der Waals surface area contributed by atoms with Crippen LogP contribution in [0.5, 0.6) is 0 Å². The fraction of sp³-hybridized carbons (Fsp3) is 0.583. The Hall–Kier alpha value is -1.09. The molecule has 1 aromatic rings. The summed E-state index contributed by atoms with van der Waals surface area (Å²) >= 11 is 0. The van der Waals surface area contributed by atoms with Crippen molar-refractivity contribution in [3.8, 4) is 0 Å². The maximum Gasteiger partial charge on any atom is 0.0598 e. The Bertz CT molecular complexity index is 305. The lowest BCUT2D eigenvalue weighted by Gasteiger charge is -2.30. The zero-order valence-corrected chi connectivity index (χ0v) is 9.37. The van der Waals surface area contributed by atoms with Gasteiger partial charge >= 0.3 is 0 Å². The van der Waals surface area contributed by atoms with Gasteiger partial charge in [0.05, 0.1) is 11.9 Å². The molecule has 0 atom stereocenters. The molecule has 0 aromatic carbocycles. The van der Waals surface area contributed by atoms with E-state index in [-0.39, 0.29) is 0 Å². The van der Waals surface area contributed by atoms with Gasteiger partial charge in [0.15, 0.2) is 0 Å². The van der Waals surface area contributed by atoms with Crippen LogP contribution in [-0.2, 0) is 6.54 Å². The molecule has 0 spiro atoms. The van der Waals surface area contributed by atoms with Crippen molar-refractivity contribution in [2.75, 3.05) is 25.0 Å². The first-order chi connectivity index (χ1) is 7.42. The summed E-state index contributed by atoms with van der Waals surface area (Å²) in [4.78, 5) is 6.69. The second kappa shape index (κ2) is 5.12. The molecule has 0 amide bonds. The molecule has 3 heteroatoms. The molecule has 1 saturated heterocycles. The van der Waals surface area contributed by atoms with Crippen molar-refractivity contribution in [3.05, 3.63) is 24.0 Å². The third kappa shape index (κ3) is 2.48. The topological polar surface area (TPSA) is 28.2 Å². The Balaban J connectivity index is 2.17. The molecule has 0 radical (unpaired) electrons. The number of hydrogen-bond acceptors (Lipinski definition) is 3. The maximum atomic E-state index is 4.23. The molecule has 1 aliphatic heterocycles. The average Bonchev–Trinajstić information content (AvgIpc) is 2.31. The van der Waals surface area contributed by atoms with Gasteiger partial charge in [0.1, 0.15) is 0 Å². The minimum Gasteiger partial charge on any atom is -0.370 e. The van der Waals surface area contributed by atoms with E-state index in [1.54, 1.807) is 0 Å². The standard InChI is InChI=1S/C12H19N3/c1-13-9-11-5-6-14-10-12(11)15-7-3-2-4-8-15/h5-6,10,13H,2-4,7-9H2,1H3. The van der Waals surface area contributed by atoms with Gasteiger partial charge in [-0.3, -0.25) is 4.98 Å². The molecule has 0 saturated carbocycles. The zero-order chi connectivity index (χ0) is 10.5. The summed E-state index contributed by atoms with van der Waals surface area (Å²) in [6, 6.07) is 2.11. The number of pyridine rings is 1. The third-order valence-corrected chi connectivity index (χ3v) is 2.95. The van der Waals surface area contributed by atoms with Gasteiger partial charge in [-0.2, -0.15) is 0 Å². The Morgan fingerprint density at radius 1 is 1.33 bits per heavy atom. The predicted octanol–water partition coefficient (Wildman–Crippen LogP) is 1.79. The summed E-state index contributed by atoms with van der Waals surface area (Å²) < 4.78 is 0. The number of rotatable bonds is 3. The van der Waals surface area contributed by atoms with Crippen LogP contribution in [0.3, 0.4) is 0 Å². The molecule has 1 fully saturated rings. The predicted molar refractivity (Wildman–Crippen MR) is 63.1 cm³/mol. The van der Waals surface area contributed by atoms with Crippen molar-refractivity contribution in [2.24, 2.45) is 0 Å². The largest absolute Gasteiger partial charge is 0.370 e. The Morgan fingerprint density at radius 3 is 2.87 bits per heavy atom. The van der Waals surface area contributed by atoms with Gasteiger partial charge in [-0.05, 0) is 37.9 Å². The highest BCUT2D eigenvalue weighted by atomic mass is 15.1. The first-order valence-corrected chi connectivity index (χ1v) is 5.74. The quantitative estimate of drug-likeness (QED) is 0.815. The molecule has 1 aromatic heterocycles. The van der Waals surface area contributed by atoms with Crippen molar-refractivity contribution >= 4 is 5.69 Å². The molecular weight excluding hydrogens is 186 g/mol. The zero-order valence-electron chi connectivity index (χ0n) is 9.37. The van der Waals surface area contributed by atoms with Crippen LogP contribution in [0.1, 0.15) is 24.8 Å². The molecule has 1 N–H and O–H groups in total. The fourth-order valence-corrected chi connectivity index (χ4v) is 2.17. The van der Waals surface area contributed by atoms with Crippen molar-refractivity contribution in [2.45, 2.75) is 25.8 Å². The Labute approximate surface area is 91.5 Å². The molecule has 0 unspecified atom stereocenters. The monoisotopic (exact) mass is 205 g/mol. The van der Waals surface area contributed by atoms with Gasteiger partial charge in [0.2, 0.25) is 0 Å². The van der Waals surface area contributed by atoms with Crippen LogP contribution in [0.15, 0.2) is 18.5 Å². The second-order valence-electron chi connectivity index (χ2n) is 4.08. The minimum atomic E-state index is 0.925. The highest BCUT2D eigenvalue weighted by molar-refractivity contribution is 5.51. The SMILES string of the molecule is CNCc1ccncc1N1CCCCC1. The molecule has 0 aliphatic carbocycles. The van der Waals surface area contributed by atoms with Crippen LogP contribution in [0, 0.1) is 0 Å². The molecular formula is C12H19N3. The molecule has 3 nitrogen and oxygen atoms in total. The van der Waals surface area contributed by atoms with E-state index in [1.165, 1.54) is 43.6 Å². The summed E-state index contributed by atoms with van der Waals surface area (Å²) in [5, 5.41) is 3.21. The lowest BCUT2D eigenvalue weighted by molar-refractivity contribution is 0.575. The number of nitrogens with one attached hydrogen (secondary N) is 1. The molecule has 0 bridgehead atoms. The molecule has 1 aliphatic rings. The van der Waals surface area contributed by atoms with Crippen LogP contribution in [0.2, 0.25) is 0 Å². The van der Waals surface area contributed by atoms with Gasteiger partial charge in [0.25, 0.3) is 0 Å². The molecule has 15 heavy (non-hydrogen) atoms. The summed E-state index contributed by atoms with van der Waals surface area (Å²) in [5.74, 6) is 0. The summed E-state index contributed by atoms with van der Waals surface area (Å²) in [7, 11) is 1.99. The third-order valence-electron chi connectivity index (χ3n) is 2.95. The second-order valence-corrected chi connectivity index (χ2v) is 4.08. The molecule has 2 rings (SSSR count). The van der Waals surface area contributed by atoms with Gasteiger partial charge in [0, 0.05) is 25.8 Å². The van der Waals surface area contributed by atoms with E-state index in [0.29, 0.717) is 0 Å². The van der Waals surface area contributed by atoms with Crippen LogP contribution in [0.25, 0.3) is 0 Å². The average molecular weight is 205 g/mol. The van der Waals surface area contributed by atoms with E-state index < -0.39 is 0 Å². The van der Waals surface area contributed by atoms with E-state index >= 15 is 0 Å². The Morgan fingerprint density at radius 2 is 2.13 bits per heavy atom. The Kier molecular flexibility index (Phi) is 3.56. The minimum absolute atomic E-state index is 0.925. The van der Waals surface area contributed by atoms with E-state index in [9.17, 15) is 0 Å². The van der Waals surface area contributed by atoms with E-state index in [2.05, 4.69) is 21.3 Å². The van der Waals surface area contributed by atoms with E-state index in [1.807, 2.05) is 19.4 Å². The number of anilines is 1. The summed E-state index contributed by atoms with van der Waals surface area (Å²) in [5.41, 5.74) is 2.67. The molecule has 82 valence electrons. The van der Waals surface area contributed by atoms with Crippen molar-refractivity contribution in [3.63, 3.8) is 0 Å². The lowest BCUT2D eigenvalue weighted by Crippen LogP contribution is -2.30. The molecule has 2 heterocycles. The first-order valence-electron chi connectivity index (χ1n) is 5.74. The van der Waals surface area contributed by atoms with Crippen molar-refractivity contribution < 1.29 is 0 Å². The van der Waals surface area contributed by atoms with Crippen molar-refractivity contribution in [1.82, 2.24) is 10.3 Å². The van der Waals surface area contributed by atoms with Crippen molar-refractivity contribution in [1.29, 1.82) is 0 Å². The van der Waals surface area contributed by atoms with Crippen LogP contribution >= 0.6 is 0 Å². The number of piperidine rings is 1. The van der Waals surface area contributed by atoms with Crippen LogP contribution in [-0.4, -0.2) is 25.1 Å². The van der Waals surface area contributed by atoms with Gasteiger partial charge in [-0.25, -0.2) is 0 Å². The van der Waals surface area contributed by atoms with Gasteiger partial charge in [-0.1, -0.05) is 0 Å². The lowest BCUT2D eigenvalue weighted by atomic mass is 10.1. The smallest absolute Gasteiger partial charge is 0.0598 e. The van der Waals surface area contributed by atoms with Crippen LogP contribution in [0.4, 0.5) is 5.69 Å². The fourth-order valence-electron chi connectivity index (χ4n) is 2.17. The highest BCUT2D eigenvalue weighted by Gasteiger charge is 2.13.